The molecule has 3 aromatic heterocycles. The van der Waals surface area contributed by atoms with Gasteiger partial charge in [-0.15, -0.1) is 0 Å². The molecule has 2 aromatic carbocycles. The molecule has 0 unspecified atom stereocenters. The molecule has 5 aromatic rings. The van der Waals surface area contributed by atoms with Crippen LogP contribution in [-0.2, 0) is 22.5 Å². The zero-order valence-electron chi connectivity index (χ0n) is 24.8. The van der Waals surface area contributed by atoms with Crippen LogP contribution in [0.1, 0.15) is 55.5 Å². The first-order valence-electron chi connectivity index (χ1n) is 14.0. The van der Waals surface area contributed by atoms with Crippen molar-refractivity contribution < 1.29 is 65.7 Å². The third-order valence-electron chi connectivity index (χ3n) is 7.27. The first-order valence-corrected chi connectivity index (χ1v) is 14.4. The first kappa shape index (κ1) is 33.0. The van der Waals surface area contributed by atoms with E-state index in [0.717, 1.165) is 40.6 Å². The van der Waals surface area contributed by atoms with Crippen LogP contribution in [0.25, 0.3) is 28.0 Å². The molecule has 0 aliphatic rings. The summed E-state index contributed by atoms with van der Waals surface area (Å²) < 4.78 is 9.33. The molecule has 0 N–H and O–H groups in total. The second-order valence-electron chi connectivity index (χ2n) is 9.75. The summed E-state index contributed by atoms with van der Waals surface area (Å²) in [5.41, 5.74) is 3.76. The van der Waals surface area contributed by atoms with E-state index in [0.29, 0.717) is 37.7 Å². The van der Waals surface area contributed by atoms with Crippen molar-refractivity contribution in [3.63, 3.8) is 0 Å². The molecule has 13 heteroatoms. The number of fused-ring (bicyclic) bond motifs is 1. The number of hydrogen-bond acceptors (Lipinski definition) is 7. The molecule has 0 aliphatic heterocycles. The summed E-state index contributed by atoms with van der Waals surface area (Å²) >= 11 is 6.54. The van der Waals surface area contributed by atoms with Crippen LogP contribution in [0.3, 0.4) is 0 Å². The molecule has 11 nitrogen and oxygen atoms in total. The van der Waals surface area contributed by atoms with Crippen molar-refractivity contribution in [1.29, 1.82) is 0 Å². The number of nitrogens with zero attached hydrogens (tertiary/aromatic N) is 8. The maximum Gasteiger partial charge on any atom is 1.00 e. The summed E-state index contributed by atoms with van der Waals surface area (Å²) in [5.74, 6) is 0.206. The Bertz CT molecular complexity index is 1690. The van der Waals surface area contributed by atoms with Crippen molar-refractivity contribution in [1.82, 2.24) is 39.6 Å². The number of aryl methyl sites for hydroxylation is 1. The number of ether oxygens (including phenoxy) is 1. The summed E-state index contributed by atoms with van der Waals surface area (Å²) in [7, 11) is 0. The predicted molar refractivity (Wildman–Crippen MR) is 159 cm³/mol. The normalized spacial score (nSPS) is 11.0. The Morgan fingerprint density at radius 1 is 1.05 bits per heavy atom. The number of esters is 1. The molecule has 1 amide bonds. The van der Waals surface area contributed by atoms with Gasteiger partial charge in [-0.05, 0) is 44.0 Å². The molecule has 0 saturated heterocycles. The molecule has 0 aliphatic carbocycles. The van der Waals surface area contributed by atoms with Gasteiger partial charge in [0.2, 0.25) is 0 Å². The molecule has 0 fully saturated rings. The van der Waals surface area contributed by atoms with E-state index in [9.17, 15) is 9.59 Å². The summed E-state index contributed by atoms with van der Waals surface area (Å²) in [5, 5.41) is 16.4. The first-order chi connectivity index (χ1) is 20.5. The van der Waals surface area contributed by atoms with Gasteiger partial charge in [0, 0.05) is 36.7 Å². The Kier molecular flexibility index (Phi) is 11.7. The Labute approximate surface area is 297 Å². The molecule has 0 radical (unpaired) electrons. The number of halogens is 1. The van der Waals surface area contributed by atoms with Crippen LogP contribution in [0, 0.1) is 0 Å². The van der Waals surface area contributed by atoms with Gasteiger partial charge in [0.15, 0.2) is 17.5 Å². The van der Waals surface area contributed by atoms with E-state index in [1.54, 1.807) is 4.90 Å². The number of carbonyl (C=O) groups excluding carboxylic acids is 2. The van der Waals surface area contributed by atoms with Gasteiger partial charge < -0.3 is 23.9 Å². The number of benzene rings is 2. The van der Waals surface area contributed by atoms with Crippen LogP contribution in [-0.4, -0.2) is 66.0 Å². The van der Waals surface area contributed by atoms with Crippen LogP contribution in [0.4, 0.5) is 0 Å². The number of imidazole rings is 1. The van der Waals surface area contributed by atoms with E-state index in [1.807, 2.05) is 73.1 Å². The fraction of sp³-hybridized carbons (Fsp3) is 0.333. The number of likely N-dealkylation sites (N-methyl/N-ethyl adjacent to an activating group) is 1. The standard InChI is InChI=1S/C30H32ClN8O3.K/c1-4-7-15-25-32-28(31)27(30(41)42-19-26(40)37(5-2)6-3)39(25)18-20-11-10-14-23-21(20)16-17-38(23)24-13-9-8-12-22(24)29-33-35-36-34-29;/h8-14,16-17H,4-7,15,18-19H2,1-3H3;/q-1;+1. The van der Waals surface area contributed by atoms with Gasteiger partial charge >= 0.3 is 57.4 Å². The fourth-order valence-electron chi connectivity index (χ4n) is 5.10. The predicted octanol–water partition coefficient (Wildman–Crippen LogP) is 1.71. The van der Waals surface area contributed by atoms with Crippen molar-refractivity contribution in [3.8, 4) is 17.1 Å². The SMILES string of the molecule is CCCCc1nc(Cl)c(C(=O)OCC(=O)N(CC)CC)n1Cc1cccc2c1ccn2-c1ccccc1-c1nn[n-]n1.[K+]. The quantitative estimate of drug-likeness (QED) is 0.152. The summed E-state index contributed by atoms with van der Waals surface area (Å²) in [4.78, 5) is 31.9. The number of aromatic nitrogens is 7. The van der Waals surface area contributed by atoms with Gasteiger partial charge in [-0.25, -0.2) is 14.9 Å². The minimum atomic E-state index is -0.675. The molecular formula is C30H32ClKN8O3. The zero-order chi connectivity index (χ0) is 29.6. The van der Waals surface area contributed by atoms with Gasteiger partial charge in [-0.3, -0.25) is 15.2 Å². The van der Waals surface area contributed by atoms with Gasteiger partial charge in [0.25, 0.3) is 5.91 Å². The molecular weight excluding hydrogens is 595 g/mol. The number of amides is 1. The van der Waals surface area contributed by atoms with E-state index in [-0.39, 0.29) is 74.7 Å². The third kappa shape index (κ3) is 7.10. The van der Waals surface area contributed by atoms with Crippen LogP contribution >= 0.6 is 11.6 Å². The van der Waals surface area contributed by atoms with Crippen LogP contribution in [0.15, 0.2) is 54.7 Å². The largest absolute Gasteiger partial charge is 1.00 e. The molecule has 5 rings (SSSR count). The molecule has 43 heavy (non-hydrogen) atoms. The second kappa shape index (κ2) is 15.2. The number of rotatable bonds is 12. The average Bonchev–Trinajstić information content (AvgIpc) is 3.75. The van der Waals surface area contributed by atoms with Crippen LogP contribution in [0.2, 0.25) is 5.15 Å². The van der Waals surface area contributed by atoms with Crippen molar-refractivity contribution in [2.75, 3.05) is 19.7 Å². The van der Waals surface area contributed by atoms with Crippen molar-refractivity contribution >= 4 is 34.4 Å². The van der Waals surface area contributed by atoms with E-state index in [4.69, 9.17) is 16.3 Å². The average molecular weight is 627 g/mol. The zero-order valence-corrected chi connectivity index (χ0v) is 28.7. The van der Waals surface area contributed by atoms with E-state index in [1.165, 1.54) is 0 Å². The van der Waals surface area contributed by atoms with Crippen LogP contribution in [0.5, 0.6) is 0 Å². The molecule has 3 heterocycles. The summed E-state index contributed by atoms with van der Waals surface area (Å²) in [6, 6.07) is 15.9. The summed E-state index contributed by atoms with van der Waals surface area (Å²) in [6.45, 7) is 6.91. The monoisotopic (exact) mass is 626 g/mol. The number of para-hydroxylation sites is 1. The van der Waals surface area contributed by atoms with Crippen molar-refractivity contribution in [3.05, 3.63) is 77.0 Å². The van der Waals surface area contributed by atoms with E-state index >= 15 is 0 Å². The van der Waals surface area contributed by atoms with Gasteiger partial charge in [-0.2, -0.15) is 0 Å². The Balaban J connectivity index is 0.00000423. The Morgan fingerprint density at radius 2 is 1.84 bits per heavy atom. The van der Waals surface area contributed by atoms with Gasteiger partial charge in [0.05, 0.1) is 23.6 Å². The molecule has 0 bridgehead atoms. The van der Waals surface area contributed by atoms with E-state index in [2.05, 4.69) is 37.1 Å². The smallest absolute Gasteiger partial charge is 0.451 e. The maximum absolute atomic E-state index is 13.3. The molecule has 0 spiro atoms. The number of hydrogen-bond donors (Lipinski definition) is 0. The Hall–Kier alpha value is -2.87. The van der Waals surface area contributed by atoms with Crippen LogP contribution < -0.4 is 56.6 Å². The molecule has 218 valence electrons. The van der Waals surface area contributed by atoms with Crippen molar-refractivity contribution in [2.45, 2.75) is 46.6 Å². The van der Waals surface area contributed by atoms with Crippen molar-refractivity contribution in [2.24, 2.45) is 0 Å². The minimum Gasteiger partial charge on any atom is -0.451 e. The van der Waals surface area contributed by atoms with Gasteiger partial charge in [0.1, 0.15) is 5.82 Å². The van der Waals surface area contributed by atoms with E-state index < -0.39 is 5.97 Å². The fourth-order valence-corrected chi connectivity index (χ4v) is 5.37. The van der Waals surface area contributed by atoms with Gasteiger partial charge in [-0.1, -0.05) is 55.3 Å². The maximum atomic E-state index is 13.3. The second-order valence-corrected chi connectivity index (χ2v) is 10.1. The number of unbranched alkanes of at least 4 members (excludes halogenated alkanes) is 1. The third-order valence-corrected chi connectivity index (χ3v) is 7.53. The minimum absolute atomic E-state index is 0. The summed E-state index contributed by atoms with van der Waals surface area (Å²) in [6.07, 6.45) is 4.48. The topological polar surface area (TPSA) is 122 Å². The molecule has 0 atom stereocenters. The Morgan fingerprint density at radius 3 is 2.56 bits per heavy atom. The molecule has 0 saturated carbocycles. The number of tetrazole rings is 1. The number of carbonyl (C=O) groups is 2.